The molecule has 0 spiro atoms. The molecule has 1 aliphatic heterocycles. The number of hydrogen-bond donors (Lipinski definition) is 2. The van der Waals surface area contributed by atoms with Crippen molar-refractivity contribution >= 4 is 33.1 Å². The molecule has 2 heterocycles. The van der Waals surface area contributed by atoms with E-state index in [4.69, 9.17) is 14.0 Å². The van der Waals surface area contributed by atoms with Crippen LogP contribution in [0.2, 0.25) is 5.54 Å². The minimum absolute atomic E-state index is 0.271. The van der Waals surface area contributed by atoms with Crippen LogP contribution in [0.3, 0.4) is 0 Å². The predicted molar refractivity (Wildman–Crippen MR) is 131 cm³/mol. The topological polar surface area (TPSA) is 85.5 Å². The van der Waals surface area contributed by atoms with Crippen molar-refractivity contribution in [1.29, 1.82) is 0 Å². The molecule has 0 saturated carbocycles. The van der Waals surface area contributed by atoms with E-state index in [1.54, 1.807) is 0 Å². The smallest absolute Gasteiger partial charge is 0.444 e. The van der Waals surface area contributed by atoms with Crippen molar-refractivity contribution in [1.82, 2.24) is 15.0 Å². The lowest BCUT2D eigenvalue weighted by Gasteiger charge is -2.32. The Morgan fingerprint density at radius 1 is 1.12 bits per heavy atom. The molecule has 1 fully saturated rings. The molecule has 0 bridgehead atoms. The summed E-state index contributed by atoms with van der Waals surface area (Å²) in [6.07, 6.45) is 1.42. The highest BCUT2D eigenvalue weighted by Crippen LogP contribution is 2.36. The van der Waals surface area contributed by atoms with Gasteiger partial charge in [0.2, 0.25) is 8.96 Å². The summed E-state index contributed by atoms with van der Waals surface area (Å²) in [5.41, 5.74) is 2.73. The van der Waals surface area contributed by atoms with Gasteiger partial charge in [-0.25, -0.2) is 9.78 Å². The summed E-state index contributed by atoms with van der Waals surface area (Å²) in [5, 5.41) is 0. The third kappa shape index (κ3) is 5.44. The van der Waals surface area contributed by atoms with Crippen molar-refractivity contribution < 1.29 is 18.8 Å². The van der Waals surface area contributed by atoms with Gasteiger partial charge in [-0.05, 0) is 65.0 Å². The molecule has 2 N–H and O–H groups in total. The number of imidazole rings is 1. The third-order valence-electron chi connectivity index (χ3n) is 5.98. The van der Waals surface area contributed by atoms with E-state index in [1.807, 2.05) is 78.9 Å². The number of H-pyrrole nitrogens is 1. The number of aromatic nitrogens is 2. The quantitative estimate of drug-likeness (QED) is 0.674. The number of hydrogen-bond acceptors (Lipinski definition) is 5. The van der Waals surface area contributed by atoms with Gasteiger partial charge in [0.25, 0.3) is 0 Å². The van der Waals surface area contributed by atoms with Gasteiger partial charge in [0.15, 0.2) is 0 Å². The van der Waals surface area contributed by atoms with Crippen LogP contribution in [-0.2, 0) is 14.0 Å². The second-order valence-corrected chi connectivity index (χ2v) is 13.9. The fraction of sp³-hybridized carbons (Fsp3) is 0.565. The molecule has 2 aromatic rings. The summed E-state index contributed by atoms with van der Waals surface area (Å²) in [6.45, 7) is 18.0. The van der Waals surface area contributed by atoms with Crippen LogP contribution in [-0.4, -0.2) is 48.9 Å². The van der Waals surface area contributed by atoms with E-state index in [9.17, 15) is 4.79 Å². The van der Waals surface area contributed by atoms with E-state index in [-0.39, 0.29) is 23.9 Å². The summed E-state index contributed by atoms with van der Waals surface area (Å²) in [5.74, 6) is 0. The molecule has 1 amide bonds. The number of carbonyl (C=O) groups is 1. The first-order valence-corrected chi connectivity index (χ1v) is 13.0. The zero-order valence-electron chi connectivity index (χ0n) is 20.7. The molecule has 32 heavy (non-hydrogen) atoms. The van der Waals surface area contributed by atoms with Crippen LogP contribution < -0.4 is 15.9 Å². The van der Waals surface area contributed by atoms with E-state index in [2.05, 4.69) is 28.8 Å². The maximum Gasteiger partial charge on any atom is 0.494 e. The predicted octanol–water partition coefficient (Wildman–Crippen LogP) is 3.24. The standard InChI is InChI=1S/C23H36BN3O4Si/c1-15(2)32(27-20(28)29-21(3,4)5)19-25-14-18(26-19)16-10-12-17(13-11-16)24-30-22(6,7)23(8,9)31-24/h10-15,32H,1-9H3,(H,25,26)(H,27,28)/t32-/m0/s1. The van der Waals surface area contributed by atoms with Crippen LogP contribution in [0.15, 0.2) is 30.5 Å². The Kier molecular flexibility index (Phi) is 6.66. The molecule has 1 aromatic carbocycles. The molecular weight excluding hydrogens is 421 g/mol. The molecule has 9 heteroatoms. The lowest BCUT2D eigenvalue weighted by molar-refractivity contribution is 0.00578. The lowest BCUT2D eigenvalue weighted by Crippen LogP contribution is -2.52. The van der Waals surface area contributed by atoms with Crippen LogP contribution in [0.25, 0.3) is 11.3 Å². The number of ether oxygens (including phenoxy) is 1. The van der Waals surface area contributed by atoms with Crippen molar-refractivity contribution in [3.63, 3.8) is 0 Å². The Labute approximate surface area is 193 Å². The minimum Gasteiger partial charge on any atom is -0.444 e. The zero-order chi connectivity index (χ0) is 23.9. The average Bonchev–Trinajstić information content (AvgIpc) is 3.21. The maximum atomic E-state index is 12.3. The van der Waals surface area contributed by atoms with Crippen LogP contribution in [0, 0.1) is 0 Å². The van der Waals surface area contributed by atoms with Gasteiger partial charge in [0.1, 0.15) is 11.0 Å². The van der Waals surface area contributed by atoms with Gasteiger partial charge in [-0.3, -0.25) is 0 Å². The normalized spacial score (nSPS) is 18.6. The van der Waals surface area contributed by atoms with Gasteiger partial charge < -0.3 is 24.0 Å². The van der Waals surface area contributed by atoms with E-state index in [0.29, 0.717) is 0 Å². The molecule has 1 atom stereocenters. The van der Waals surface area contributed by atoms with Crippen molar-refractivity contribution in [3.8, 4) is 11.3 Å². The van der Waals surface area contributed by atoms with E-state index in [1.165, 1.54) is 0 Å². The van der Waals surface area contributed by atoms with E-state index in [0.717, 1.165) is 22.2 Å². The minimum atomic E-state index is -1.90. The molecule has 0 radical (unpaired) electrons. The summed E-state index contributed by atoms with van der Waals surface area (Å²) >= 11 is 0. The molecule has 0 aliphatic carbocycles. The van der Waals surface area contributed by atoms with Crippen LogP contribution in [0.4, 0.5) is 4.79 Å². The Bertz CT molecular complexity index is 935. The number of nitrogens with zero attached hydrogens (tertiary/aromatic N) is 1. The number of amides is 1. The Morgan fingerprint density at radius 3 is 2.19 bits per heavy atom. The number of rotatable bonds is 5. The van der Waals surface area contributed by atoms with Crippen LogP contribution in [0.1, 0.15) is 62.3 Å². The first-order valence-electron chi connectivity index (χ1n) is 11.2. The number of benzene rings is 1. The van der Waals surface area contributed by atoms with Gasteiger partial charge in [-0.2, -0.15) is 0 Å². The van der Waals surface area contributed by atoms with Gasteiger partial charge >= 0.3 is 13.2 Å². The fourth-order valence-electron chi connectivity index (χ4n) is 3.43. The fourth-order valence-corrected chi connectivity index (χ4v) is 5.39. The lowest BCUT2D eigenvalue weighted by atomic mass is 9.79. The van der Waals surface area contributed by atoms with Crippen molar-refractivity contribution in [2.75, 3.05) is 0 Å². The number of carbonyl (C=O) groups excluding carboxylic acids is 1. The largest absolute Gasteiger partial charge is 0.494 e. The van der Waals surface area contributed by atoms with Crippen LogP contribution in [0.5, 0.6) is 0 Å². The maximum absolute atomic E-state index is 12.3. The van der Waals surface area contributed by atoms with Crippen LogP contribution >= 0.6 is 0 Å². The Hall–Kier alpha value is -2.10. The Morgan fingerprint density at radius 2 is 1.69 bits per heavy atom. The SMILES string of the molecule is CC(C)[Si@H](NC(=O)OC(C)(C)C)c1ncc(-c2ccc(B3OC(C)(C)C(C)(C)O3)cc2)[nH]1. The number of aromatic amines is 1. The van der Waals surface area contributed by atoms with Gasteiger partial charge in [0, 0.05) is 0 Å². The average molecular weight is 457 g/mol. The first-order chi connectivity index (χ1) is 14.7. The molecule has 1 aromatic heterocycles. The van der Waals surface area contributed by atoms with Crippen molar-refractivity contribution in [2.24, 2.45) is 0 Å². The first kappa shape index (κ1) is 24.5. The van der Waals surface area contributed by atoms with E-state index >= 15 is 0 Å². The molecule has 7 nitrogen and oxygen atoms in total. The highest BCUT2D eigenvalue weighted by atomic mass is 28.3. The second kappa shape index (κ2) is 8.68. The zero-order valence-corrected chi connectivity index (χ0v) is 21.9. The molecule has 0 unspecified atom stereocenters. The highest BCUT2D eigenvalue weighted by molar-refractivity contribution is 6.72. The number of nitrogens with one attached hydrogen (secondary N) is 2. The Balaban J connectivity index is 1.74. The van der Waals surface area contributed by atoms with E-state index < -0.39 is 20.7 Å². The second-order valence-electron chi connectivity index (χ2n) is 10.8. The van der Waals surface area contributed by atoms with Crippen molar-refractivity contribution in [2.45, 2.75) is 84.7 Å². The summed E-state index contributed by atoms with van der Waals surface area (Å²) in [6, 6.07) is 8.11. The monoisotopic (exact) mass is 457 g/mol. The molecule has 1 aliphatic rings. The summed E-state index contributed by atoms with van der Waals surface area (Å²) in [7, 11) is -2.29. The third-order valence-corrected chi connectivity index (χ3v) is 8.74. The summed E-state index contributed by atoms with van der Waals surface area (Å²) < 4.78 is 17.7. The van der Waals surface area contributed by atoms with Gasteiger partial charge in [-0.1, -0.05) is 38.1 Å². The summed E-state index contributed by atoms with van der Waals surface area (Å²) in [4.78, 5) is 23.4. The highest BCUT2D eigenvalue weighted by Gasteiger charge is 2.51. The molecular formula is C23H36BN3O4Si. The van der Waals surface area contributed by atoms with Gasteiger partial charge in [-0.15, -0.1) is 0 Å². The molecule has 174 valence electrons. The molecule has 3 rings (SSSR count). The van der Waals surface area contributed by atoms with Gasteiger partial charge in [0.05, 0.1) is 23.1 Å². The van der Waals surface area contributed by atoms with Crippen molar-refractivity contribution in [3.05, 3.63) is 30.5 Å². The molecule has 1 saturated heterocycles.